The first-order valence-corrected chi connectivity index (χ1v) is 5.82. The second-order valence-corrected chi connectivity index (χ2v) is 4.17. The molecule has 5 N–H and O–H groups in total. The van der Waals surface area contributed by atoms with Crippen molar-refractivity contribution in [2.24, 2.45) is 11.5 Å². The minimum Gasteiger partial charge on any atom is -0.369 e. The molecule has 0 spiro atoms. The summed E-state index contributed by atoms with van der Waals surface area (Å²) in [5, 5.41) is 3.35. The maximum atomic E-state index is 5.87. The van der Waals surface area contributed by atoms with Gasteiger partial charge in [-0.15, -0.1) is 0 Å². The highest BCUT2D eigenvalue weighted by Crippen LogP contribution is 2.18. The van der Waals surface area contributed by atoms with Crippen molar-refractivity contribution >= 4 is 5.69 Å². The summed E-state index contributed by atoms with van der Waals surface area (Å²) in [4.78, 5) is 2.38. The van der Waals surface area contributed by atoms with Gasteiger partial charge in [-0.05, 0) is 17.7 Å². The van der Waals surface area contributed by atoms with Gasteiger partial charge in [0.25, 0.3) is 0 Å². The molecule has 1 aliphatic heterocycles. The van der Waals surface area contributed by atoms with Gasteiger partial charge < -0.3 is 21.7 Å². The third kappa shape index (κ3) is 2.52. The molecule has 1 aromatic carbocycles. The van der Waals surface area contributed by atoms with Gasteiger partial charge in [0.05, 0.1) is 0 Å². The normalized spacial score (nSPS) is 18.5. The fourth-order valence-electron chi connectivity index (χ4n) is 1.99. The van der Waals surface area contributed by atoms with E-state index in [2.05, 4.69) is 34.5 Å². The molecule has 0 saturated carbocycles. The predicted molar refractivity (Wildman–Crippen MR) is 67.5 cm³/mol. The largest absolute Gasteiger partial charge is 0.369 e. The smallest absolute Gasteiger partial charge is 0.0419 e. The van der Waals surface area contributed by atoms with Crippen molar-refractivity contribution in [3.63, 3.8) is 0 Å². The molecule has 2 rings (SSSR count). The van der Waals surface area contributed by atoms with Crippen molar-refractivity contribution in [2.45, 2.75) is 6.04 Å². The number of nitrogens with two attached hydrogens (primary N) is 2. The Kier molecular flexibility index (Phi) is 3.77. The van der Waals surface area contributed by atoms with E-state index >= 15 is 0 Å². The van der Waals surface area contributed by atoms with Gasteiger partial charge in [0, 0.05) is 44.5 Å². The third-order valence-corrected chi connectivity index (χ3v) is 3.06. The number of hydrogen-bond acceptors (Lipinski definition) is 4. The van der Waals surface area contributed by atoms with Crippen LogP contribution in [0.4, 0.5) is 5.69 Å². The van der Waals surface area contributed by atoms with Crippen molar-refractivity contribution < 1.29 is 0 Å². The molecule has 4 heteroatoms. The molecule has 1 atom stereocenters. The molecule has 88 valence electrons. The lowest BCUT2D eigenvalue weighted by atomic mass is 10.1. The van der Waals surface area contributed by atoms with Crippen LogP contribution in [0.2, 0.25) is 0 Å². The van der Waals surface area contributed by atoms with Crippen LogP contribution < -0.4 is 21.7 Å². The molecule has 0 amide bonds. The van der Waals surface area contributed by atoms with Crippen LogP contribution >= 0.6 is 0 Å². The van der Waals surface area contributed by atoms with Crippen LogP contribution in [0.25, 0.3) is 0 Å². The summed E-state index contributed by atoms with van der Waals surface area (Å²) in [7, 11) is 0. The Morgan fingerprint density at radius 1 is 1.19 bits per heavy atom. The van der Waals surface area contributed by atoms with E-state index in [-0.39, 0.29) is 6.04 Å². The Labute approximate surface area is 96.6 Å². The summed E-state index contributed by atoms with van der Waals surface area (Å²) in [6.45, 7) is 4.76. The van der Waals surface area contributed by atoms with Crippen LogP contribution in [0, 0.1) is 0 Å². The molecule has 0 aromatic heterocycles. The van der Waals surface area contributed by atoms with Gasteiger partial charge in [0.1, 0.15) is 0 Å². The summed E-state index contributed by atoms with van der Waals surface area (Å²) in [6, 6.07) is 8.38. The van der Waals surface area contributed by atoms with Gasteiger partial charge in [0.15, 0.2) is 0 Å². The molecular formula is C12H20N4. The van der Waals surface area contributed by atoms with E-state index in [1.165, 1.54) is 5.69 Å². The Hall–Kier alpha value is -1.10. The SMILES string of the molecule is NC[C@@H](N)c1ccc(N2CCNCC2)cc1. The average Bonchev–Trinajstić information content (AvgIpc) is 2.39. The van der Waals surface area contributed by atoms with Crippen molar-refractivity contribution in [2.75, 3.05) is 37.6 Å². The van der Waals surface area contributed by atoms with Crippen molar-refractivity contribution in [1.29, 1.82) is 0 Å². The van der Waals surface area contributed by atoms with Crippen LogP contribution in [0.3, 0.4) is 0 Å². The first-order valence-electron chi connectivity index (χ1n) is 5.82. The van der Waals surface area contributed by atoms with Gasteiger partial charge in [0.2, 0.25) is 0 Å². The Bertz CT molecular complexity index is 316. The van der Waals surface area contributed by atoms with Crippen LogP contribution in [-0.2, 0) is 0 Å². The first kappa shape index (κ1) is 11.4. The highest BCUT2D eigenvalue weighted by Gasteiger charge is 2.10. The van der Waals surface area contributed by atoms with Gasteiger partial charge in [-0.2, -0.15) is 0 Å². The van der Waals surface area contributed by atoms with E-state index in [1.807, 2.05) is 0 Å². The molecule has 4 nitrogen and oxygen atoms in total. The van der Waals surface area contributed by atoms with Crippen molar-refractivity contribution in [1.82, 2.24) is 5.32 Å². The summed E-state index contributed by atoms with van der Waals surface area (Å²) >= 11 is 0. The molecule has 0 radical (unpaired) electrons. The summed E-state index contributed by atoms with van der Waals surface area (Å²) < 4.78 is 0. The van der Waals surface area contributed by atoms with E-state index < -0.39 is 0 Å². The van der Waals surface area contributed by atoms with Gasteiger partial charge >= 0.3 is 0 Å². The molecule has 0 bridgehead atoms. The van der Waals surface area contributed by atoms with E-state index in [1.54, 1.807) is 0 Å². The molecule has 1 fully saturated rings. The van der Waals surface area contributed by atoms with E-state index in [4.69, 9.17) is 11.5 Å². The zero-order valence-corrected chi connectivity index (χ0v) is 9.52. The van der Waals surface area contributed by atoms with E-state index in [0.29, 0.717) is 6.54 Å². The molecular weight excluding hydrogens is 200 g/mol. The lowest BCUT2D eigenvalue weighted by Crippen LogP contribution is -2.43. The standard InChI is InChI=1S/C12H20N4/c13-9-12(14)10-1-3-11(4-2-10)16-7-5-15-6-8-16/h1-4,12,15H,5-9,13-14H2/t12-/m1/s1. The monoisotopic (exact) mass is 220 g/mol. The lowest BCUT2D eigenvalue weighted by molar-refractivity contribution is 0.589. The van der Waals surface area contributed by atoms with Crippen LogP contribution in [0.5, 0.6) is 0 Å². The quantitative estimate of drug-likeness (QED) is 0.673. The van der Waals surface area contributed by atoms with E-state index in [9.17, 15) is 0 Å². The van der Waals surface area contributed by atoms with Gasteiger partial charge in [-0.1, -0.05) is 12.1 Å². The molecule has 0 aliphatic carbocycles. The zero-order chi connectivity index (χ0) is 11.4. The summed E-state index contributed by atoms with van der Waals surface area (Å²) in [5.74, 6) is 0. The third-order valence-electron chi connectivity index (χ3n) is 3.06. The number of hydrogen-bond donors (Lipinski definition) is 3. The Morgan fingerprint density at radius 2 is 1.81 bits per heavy atom. The lowest BCUT2D eigenvalue weighted by Gasteiger charge is -2.29. The van der Waals surface area contributed by atoms with E-state index in [0.717, 1.165) is 31.7 Å². The predicted octanol–water partition coefficient (Wildman–Crippen LogP) is 0.0547. The molecule has 0 unspecified atom stereocenters. The summed E-state index contributed by atoms with van der Waals surface area (Å²) in [5.41, 5.74) is 13.8. The van der Waals surface area contributed by atoms with Crippen LogP contribution in [0.1, 0.15) is 11.6 Å². The number of rotatable bonds is 3. The Morgan fingerprint density at radius 3 is 2.38 bits per heavy atom. The topological polar surface area (TPSA) is 67.3 Å². The second kappa shape index (κ2) is 5.30. The minimum absolute atomic E-state index is 0.0444. The Balaban J connectivity index is 2.06. The minimum atomic E-state index is -0.0444. The second-order valence-electron chi connectivity index (χ2n) is 4.17. The maximum absolute atomic E-state index is 5.87. The zero-order valence-electron chi connectivity index (χ0n) is 9.52. The molecule has 1 aliphatic rings. The fourth-order valence-corrected chi connectivity index (χ4v) is 1.99. The highest BCUT2D eigenvalue weighted by atomic mass is 15.2. The van der Waals surface area contributed by atoms with Gasteiger partial charge in [-0.3, -0.25) is 0 Å². The number of anilines is 1. The van der Waals surface area contributed by atoms with Crippen LogP contribution in [0.15, 0.2) is 24.3 Å². The number of nitrogens with zero attached hydrogens (tertiary/aromatic N) is 1. The molecule has 1 heterocycles. The van der Waals surface area contributed by atoms with Crippen molar-refractivity contribution in [3.05, 3.63) is 29.8 Å². The number of benzene rings is 1. The van der Waals surface area contributed by atoms with Crippen molar-refractivity contribution in [3.8, 4) is 0 Å². The fraction of sp³-hybridized carbons (Fsp3) is 0.500. The van der Waals surface area contributed by atoms with Crippen LogP contribution in [-0.4, -0.2) is 32.7 Å². The van der Waals surface area contributed by atoms with Gasteiger partial charge in [-0.25, -0.2) is 0 Å². The molecule has 16 heavy (non-hydrogen) atoms. The molecule has 1 aromatic rings. The number of nitrogens with one attached hydrogen (secondary N) is 1. The molecule has 1 saturated heterocycles. The highest BCUT2D eigenvalue weighted by molar-refractivity contribution is 5.48. The number of piperazine rings is 1. The summed E-state index contributed by atoms with van der Waals surface area (Å²) in [6.07, 6.45) is 0. The first-order chi connectivity index (χ1) is 7.81. The average molecular weight is 220 g/mol. The maximum Gasteiger partial charge on any atom is 0.0419 e.